The van der Waals surface area contributed by atoms with Crippen LogP contribution in [0.5, 0.6) is 0 Å². The number of nitrogens with one attached hydrogen (secondary N) is 1. The van der Waals surface area contributed by atoms with Crippen molar-refractivity contribution in [1.82, 2.24) is 9.97 Å². The number of H-pyrrole nitrogens is 1. The third-order valence-electron chi connectivity index (χ3n) is 2.75. The first kappa shape index (κ1) is 10.5. The zero-order valence-corrected chi connectivity index (χ0v) is 9.71. The smallest absolute Gasteiger partial charge is 0.308 e. The molecule has 0 bridgehead atoms. The van der Waals surface area contributed by atoms with Crippen molar-refractivity contribution in [2.75, 3.05) is 0 Å². The fraction of sp³-hybridized carbons (Fsp3) is 0.500. The summed E-state index contributed by atoms with van der Waals surface area (Å²) in [5, 5.41) is 0. The third kappa shape index (κ3) is 2.34. The largest absolute Gasteiger partial charge is 0.345 e. The molecule has 0 radical (unpaired) electrons. The summed E-state index contributed by atoms with van der Waals surface area (Å²) in [6.07, 6.45) is 4.38. The molecule has 0 spiro atoms. The Balaban J connectivity index is 2.25. The maximum Gasteiger partial charge on any atom is 0.345 e. The molecule has 0 saturated heterocycles. The van der Waals surface area contributed by atoms with E-state index in [-0.39, 0.29) is 11.6 Å². The summed E-state index contributed by atoms with van der Waals surface area (Å²) in [7, 11) is 0. The molecule has 1 saturated carbocycles. The van der Waals surface area contributed by atoms with Crippen LogP contribution in [0.3, 0.4) is 0 Å². The van der Waals surface area contributed by atoms with Crippen LogP contribution >= 0.6 is 15.9 Å². The molecular formula is C10H11BrN2O2. The number of ketones is 1. The molecule has 0 amide bonds. The second-order valence-electron chi connectivity index (χ2n) is 3.76. The lowest BCUT2D eigenvalue weighted by atomic mass is 9.86. The van der Waals surface area contributed by atoms with Gasteiger partial charge in [0.25, 0.3) is 0 Å². The van der Waals surface area contributed by atoms with E-state index in [1.165, 1.54) is 6.20 Å². The highest BCUT2D eigenvalue weighted by atomic mass is 79.9. The monoisotopic (exact) mass is 270 g/mol. The van der Waals surface area contributed by atoms with E-state index in [9.17, 15) is 9.59 Å². The first-order valence-electron chi connectivity index (χ1n) is 4.93. The number of rotatable bonds is 1. The van der Waals surface area contributed by atoms with Crippen LogP contribution < -0.4 is 5.69 Å². The predicted octanol–water partition coefficient (Wildman–Crippen LogP) is 1.76. The van der Waals surface area contributed by atoms with Crippen molar-refractivity contribution < 1.29 is 4.79 Å². The molecule has 1 fully saturated rings. The Labute approximate surface area is 95.2 Å². The number of halogens is 1. The van der Waals surface area contributed by atoms with Gasteiger partial charge in [-0.3, -0.25) is 4.79 Å². The topological polar surface area (TPSA) is 62.8 Å². The van der Waals surface area contributed by atoms with E-state index in [1.807, 2.05) is 0 Å². The summed E-state index contributed by atoms with van der Waals surface area (Å²) in [6.45, 7) is 0. The molecule has 0 unspecified atom stereocenters. The van der Waals surface area contributed by atoms with Crippen LogP contribution in [0.2, 0.25) is 0 Å². The van der Waals surface area contributed by atoms with Crippen LogP contribution in [0, 0.1) is 0 Å². The average molecular weight is 271 g/mol. The number of aromatic amines is 1. The van der Waals surface area contributed by atoms with Crippen LogP contribution in [-0.4, -0.2) is 15.8 Å². The molecule has 4 nitrogen and oxygen atoms in total. The van der Waals surface area contributed by atoms with Gasteiger partial charge in [-0.05, 0) is 28.8 Å². The fourth-order valence-corrected chi connectivity index (χ4v) is 2.44. The van der Waals surface area contributed by atoms with Crippen LogP contribution in [0.4, 0.5) is 0 Å². The van der Waals surface area contributed by atoms with Crippen molar-refractivity contribution in [1.29, 1.82) is 0 Å². The molecule has 1 heterocycles. The lowest BCUT2D eigenvalue weighted by molar-refractivity contribution is -0.120. The van der Waals surface area contributed by atoms with E-state index in [4.69, 9.17) is 0 Å². The summed E-state index contributed by atoms with van der Waals surface area (Å²) >= 11 is 3.36. The van der Waals surface area contributed by atoms with Gasteiger partial charge in [-0.2, -0.15) is 0 Å². The van der Waals surface area contributed by atoms with E-state index >= 15 is 0 Å². The second-order valence-corrected chi connectivity index (χ2v) is 4.62. The minimum Gasteiger partial charge on any atom is -0.308 e. The van der Waals surface area contributed by atoms with Crippen LogP contribution in [-0.2, 0) is 4.79 Å². The van der Waals surface area contributed by atoms with Gasteiger partial charge >= 0.3 is 5.69 Å². The molecular weight excluding hydrogens is 260 g/mol. The second kappa shape index (κ2) is 4.26. The van der Waals surface area contributed by atoms with E-state index in [2.05, 4.69) is 25.9 Å². The maximum atomic E-state index is 11.1. The SMILES string of the molecule is O=C1CCC(c2[nH]c(=O)ncc2Br)CC1. The zero-order valence-electron chi connectivity index (χ0n) is 8.12. The summed E-state index contributed by atoms with van der Waals surface area (Å²) in [6, 6.07) is 0. The predicted molar refractivity (Wildman–Crippen MR) is 58.8 cm³/mol. The molecule has 1 aliphatic carbocycles. The molecule has 0 aromatic carbocycles. The maximum absolute atomic E-state index is 11.1. The molecule has 15 heavy (non-hydrogen) atoms. The van der Waals surface area contributed by atoms with Gasteiger partial charge in [0, 0.05) is 30.7 Å². The van der Waals surface area contributed by atoms with Gasteiger partial charge in [0.2, 0.25) is 0 Å². The Morgan fingerprint density at radius 3 is 2.67 bits per heavy atom. The normalized spacial score (nSPS) is 18.1. The number of hydrogen-bond donors (Lipinski definition) is 1. The molecule has 0 aliphatic heterocycles. The first-order valence-corrected chi connectivity index (χ1v) is 5.72. The van der Waals surface area contributed by atoms with Crippen molar-refractivity contribution in [3.05, 3.63) is 26.8 Å². The number of Topliss-reactive ketones (excluding diaryl/α,β-unsaturated/α-hetero) is 1. The van der Waals surface area contributed by atoms with E-state index in [0.29, 0.717) is 18.6 Å². The zero-order chi connectivity index (χ0) is 10.8. The van der Waals surface area contributed by atoms with Crippen molar-refractivity contribution >= 4 is 21.7 Å². The molecule has 1 N–H and O–H groups in total. The highest BCUT2D eigenvalue weighted by Gasteiger charge is 2.22. The van der Waals surface area contributed by atoms with Gasteiger partial charge in [-0.1, -0.05) is 0 Å². The summed E-state index contributed by atoms with van der Waals surface area (Å²) in [5.41, 5.74) is 0.549. The lowest BCUT2D eigenvalue weighted by Gasteiger charge is -2.21. The standard InChI is InChI=1S/C10H11BrN2O2/c11-8-5-12-10(15)13-9(8)6-1-3-7(14)4-2-6/h5-6H,1-4H2,(H,12,13,15). The van der Waals surface area contributed by atoms with Crippen molar-refractivity contribution in [3.8, 4) is 0 Å². The van der Waals surface area contributed by atoms with Gasteiger partial charge in [-0.25, -0.2) is 9.78 Å². The first-order chi connectivity index (χ1) is 7.16. The summed E-state index contributed by atoms with van der Waals surface area (Å²) in [5.74, 6) is 0.589. The van der Waals surface area contributed by atoms with Crippen molar-refractivity contribution in [2.24, 2.45) is 0 Å². The third-order valence-corrected chi connectivity index (χ3v) is 3.38. The number of hydrogen-bond acceptors (Lipinski definition) is 3. The van der Waals surface area contributed by atoms with Crippen LogP contribution in [0.1, 0.15) is 37.3 Å². The van der Waals surface area contributed by atoms with Gasteiger partial charge in [-0.15, -0.1) is 0 Å². The van der Waals surface area contributed by atoms with Gasteiger partial charge in [0.1, 0.15) is 5.78 Å². The molecule has 80 valence electrons. The summed E-state index contributed by atoms with van der Waals surface area (Å²) in [4.78, 5) is 28.6. The number of aromatic nitrogens is 2. The number of carbonyl (C=O) groups excluding carboxylic acids is 1. The molecule has 5 heteroatoms. The Bertz CT molecular complexity index is 431. The molecule has 0 atom stereocenters. The molecule has 1 aromatic heterocycles. The minimum atomic E-state index is -0.329. The molecule has 2 rings (SSSR count). The molecule has 1 aliphatic rings. The average Bonchev–Trinajstić information content (AvgIpc) is 2.23. The Morgan fingerprint density at radius 2 is 2.00 bits per heavy atom. The highest BCUT2D eigenvalue weighted by Crippen LogP contribution is 2.32. The van der Waals surface area contributed by atoms with Gasteiger partial charge < -0.3 is 4.98 Å². The van der Waals surface area contributed by atoms with Crippen LogP contribution in [0.25, 0.3) is 0 Å². The van der Waals surface area contributed by atoms with E-state index < -0.39 is 0 Å². The fourth-order valence-electron chi connectivity index (χ4n) is 1.92. The number of carbonyl (C=O) groups is 1. The molecule has 1 aromatic rings. The van der Waals surface area contributed by atoms with E-state index in [1.54, 1.807) is 0 Å². The van der Waals surface area contributed by atoms with Gasteiger partial charge in [0.05, 0.1) is 4.47 Å². The lowest BCUT2D eigenvalue weighted by Crippen LogP contribution is -2.19. The summed E-state index contributed by atoms with van der Waals surface area (Å²) < 4.78 is 0.821. The van der Waals surface area contributed by atoms with Gasteiger partial charge in [0.15, 0.2) is 0 Å². The minimum absolute atomic E-state index is 0.271. The Kier molecular flexibility index (Phi) is 3.00. The van der Waals surface area contributed by atoms with Crippen molar-refractivity contribution in [3.63, 3.8) is 0 Å². The number of nitrogens with zero attached hydrogens (tertiary/aromatic N) is 1. The Morgan fingerprint density at radius 1 is 1.33 bits per heavy atom. The van der Waals surface area contributed by atoms with Crippen LogP contribution in [0.15, 0.2) is 15.5 Å². The Hall–Kier alpha value is -0.970. The highest BCUT2D eigenvalue weighted by molar-refractivity contribution is 9.10. The quantitative estimate of drug-likeness (QED) is 0.846. The van der Waals surface area contributed by atoms with Crippen molar-refractivity contribution in [2.45, 2.75) is 31.6 Å². The van der Waals surface area contributed by atoms with E-state index in [0.717, 1.165) is 23.0 Å².